The van der Waals surface area contributed by atoms with Crippen LogP contribution in [0.2, 0.25) is 0 Å². The van der Waals surface area contributed by atoms with Crippen molar-refractivity contribution in [3.63, 3.8) is 0 Å². The fourth-order valence-corrected chi connectivity index (χ4v) is 4.50. The van der Waals surface area contributed by atoms with Crippen LogP contribution >= 0.6 is 0 Å². The molecule has 174 valence electrons. The lowest BCUT2D eigenvalue weighted by Crippen LogP contribution is -2.37. The molecule has 0 bridgehead atoms. The van der Waals surface area contributed by atoms with Gasteiger partial charge in [0.2, 0.25) is 5.78 Å². The maximum atomic E-state index is 13.2. The SMILES string of the molecule is COc1cc(OC)c(OC)cc1/C=C1\Oc2c(ccc3c2CN(CC2CCCO2)CO3)C1=O. The van der Waals surface area contributed by atoms with Crippen LogP contribution in [0, 0.1) is 0 Å². The Morgan fingerprint density at radius 3 is 2.61 bits per heavy atom. The molecule has 8 heteroatoms. The predicted molar refractivity (Wildman–Crippen MR) is 120 cm³/mol. The standard InChI is InChI=1S/C25H27NO7/c1-28-20-11-22(30-3)21(29-2)9-15(20)10-23-24(27)17-6-7-19-18(25(17)33-23)13-26(14-32-19)12-16-5-4-8-31-16/h6-7,9-11,16H,4-5,8,12-14H2,1-3H3/b23-10-. The molecule has 3 aliphatic rings. The van der Waals surface area contributed by atoms with Gasteiger partial charge in [-0.3, -0.25) is 9.69 Å². The predicted octanol–water partition coefficient (Wildman–Crippen LogP) is 3.66. The van der Waals surface area contributed by atoms with Crippen molar-refractivity contribution >= 4 is 11.9 Å². The number of benzene rings is 2. The molecule has 3 heterocycles. The summed E-state index contributed by atoms with van der Waals surface area (Å²) in [4.78, 5) is 15.3. The Balaban J connectivity index is 1.44. The van der Waals surface area contributed by atoms with E-state index in [4.69, 9.17) is 28.4 Å². The third-order valence-corrected chi connectivity index (χ3v) is 6.19. The van der Waals surface area contributed by atoms with Crippen LogP contribution in [0.1, 0.15) is 34.3 Å². The van der Waals surface area contributed by atoms with Crippen molar-refractivity contribution in [1.29, 1.82) is 0 Å². The van der Waals surface area contributed by atoms with E-state index in [-0.39, 0.29) is 17.6 Å². The smallest absolute Gasteiger partial charge is 0.231 e. The zero-order valence-corrected chi connectivity index (χ0v) is 19.0. The third kappa shape index (κ3) is 4.00. The van der Waals surface area contributed by atoms with Gasteiger partial charge in [0, 0.05) is 31.3 Å². The number of allylic oxidation sites excluding steroid dienone is 1. The van der Waals surface area contributed by atoms with E-state index in [1.54, 1.807) is 45.6 Å². The molecule has 0 N–H and O–H groups in total. The molecule has 2 aromatic rings. The topological polar surface area (TPSA) is 75.7 Å². The quantitative estimate of drug-likeness (QED) is 0.614. The molecule has 1 atom stereocenters. The second kappa shape index (κ2) is 8.96. The first-order chi connectivity index (χ1) is 16.1. The second-order valence-electron chi connectivity index (χ2n) is 8.23. The highest BCUT2D eigenvalue weighted by Crippen LogP contribution is 2.43. The molecule has 0 aliphatic carbocycles. The minimum Gasteiger partial charge on any atom is -0.496 e. The van der Waals surface area contributed by atoms with Crippen LogP contribution in [0.15, 0.2) is 30.0 Å². The number of fused-ring (bicyclic) bond motifs is 3. The average molecular weight is 453 g/mol. The molecule has 0 aromatic heterocycles. The number of hydrogen-bond acceptors (Lipinski definition) is 8. The minimum absolute atomic E-state index is 0.180. The minimum atomic E-state index is -0.180. The summed E-state index contributed by atoms with van der Waals surface area (Å²) in [6.07, 6.45) is 4.05. The Morgan fingerprint density at radius 2 is 1.88 bits per heavy atom. The summed E-state index contributed by atoms with van der Waals surface area (Å²) in [6, 6.07) is 7.08. The van der Waals surface area contributed by atoms with E-state index in [0.29, 0.717) is 47.4 Å². The van der Waals surface area contributed by atoms with E-state index in [0.717, 1.165) is 37.3 Å². The number of carbonyl (C=O) groups excluding carboxylic acids is 1. The van der Waals surface area contributed by atoms with Gasteiger partial charge >= 0.3 is 0 Å². The Morgan fingerprint density at radius 1 is 1.09 bits per heavy atom. The van der Waals surface area contributed by atoms with E-state index in [2.05, 4.69) is 4.90 Å². The van der Waals surface area contributed by atoms with Crippen molar-refractivity contribution in [3.8, 4) is 28.7 Å². The molecule has 2 aromatic carbocycles. The number of ether oxygens (including phenoxy) is 6. The van der Waals surface area contributed by atoms with Crippen LogP contribution in [-0.2, 0) is 11.3 Å². The van der Waals surface area contributed by atoms with Gasteiger partial charge in [-0.2, -0.15) is 0 Å². The van der Waals surface area contributed by atoms with Gasteiger partial charge in [-0.25, -0.2) is 0 Å². The number of rotatable bonds is 6. The maximum Gasteiger partial charge on any atom is 0.231 e. The second-order valence-corrected chi connectivity index (χ2v) is 8.23. The van der Waals surface area contributed by atoms with Gasteiger partial charge in [-0.05, 0) is 37.1 Å². The zero-order chi connectivity index (χ0) is 22.9. The first kappa shape index (κ1) is 21.6. The maximum absolute atomic E-state index is 13.2. The van der Waals surface area contributed by atoms with Crippen molar-refractivity contribution < 1.29 is 33.2 Å². The zero-order valence-electron chi connectivity index (χ0n) is 19.0. The molecule has 1 saturated heterocycles. The number of nitrogens with zero attached hydrogens (tertiary/aromatic N) is 1. The molecule has 1 fully saturated rings. The summed E-state index contributed by atoms with van der Waals surface area (Å²) in [5.74, 6) is 2.96. The summed E-state index contributed by atoms with van der Waals surface area (Å²) < 4.78 is 34.1. The fraction of sp³-hybridized carbons (Fsp3) is 0.400. The first-order valence-electron chi connectivity index (χ1n) is 11.0. The van der Waals surface area contributed by atoms with E-state index in [9.17, 15) is 4.79 Å². The van der Waals surface area contributed by atoms with Crippen LogP contribution in [0.4, 0.5) is 0 Å². The number of carbonyl (C=O) groups is 1. The normalized spacial score (nSPS) is 20.8. The molecule has 0 radical (unpaired) electrons. The summed E-state index contributed by atoms with van der Waals surface area (Å²) in [6.45, 7) is 2.74. The summed E-state index contributed by atoms with van der Waals surface area (Å²) in [5, 5.41) is 0. The van der Waals surface area contributed by atoms with Crippen LogP contribution in [0.25, 0.3) is 6.08 Å². The molecule has 1 unspecified atom stereocenters. The van der Waals surface area contributed by atoms with E-state index < -0.39 is 0 Å². The Bertz CT molecular complexity index is 1100. The van der Waals surface area contributed by atoms with Gasteiger partial charge in [0.05, 0.1) is 38.6 Å². The highest BCUT2D eigenvalue weighted by molar-refractivity contribution is 6.15. The van der Waals surface area contributed by atoms with Gasteiger partial charge in [0.1, 0.15) is 24.0 Å². The van der Waals surface area contributed by atoms with Crippen LogP contribution in [0.5, 0.6) is 28.7 Å². The number of ketones is 1. The number of hydrogen-bond donors (Lipinski definition) is 0. The van der Waals surface area contributed by atoms with E-state index in [1.165, 1.54) is 0 Å². The molecule has 33 heavy (non-hydrogen) atoms. The highest BCUT2D eigenvalue weighted by Gasteiger charge is 2.34. The summed E-state index contributed by atoms with van der Waals surface area (Å²) in [7, 11) is 4.68. The van der Waals surface area contributed by atoms with Gasteiger partial charge in [0.25, 0.3) is 0 Å². The molecule has 0 saturated carbocycles. The molecular formula is C25H27NO7. The molecule has 0 spiro atoms. The molecule has 0 amide bonds. The van der Waals surface area contributed by atoms with E-state index >= 15 is 0 Å². The molecular weight excluding hydrogens is 426 g/mol. The number of methoxy groups -OCH3 is 3. The van der Waals surface area contributed by atoms with Crippen molar-refractivity contribution in [2.24, 2.45) is 0 Å². The van der Waals surface area contributed by atoms with Crippen molar-refractivity contribution in [1.82, 2.24) is 4.90 Å². The lowest BCUT2D eigenvalue weighted by Gasteiger charge is -2.31. The fourth-order valence-electron chi connectivity index (χ4n) is 4.50. The summed E-state index contributed by atoms with van der Waals surface area (Å²) in [5.41, 5.74) is 2.06. The van der Waals surface area contributed by atoms with Crippen LogP contribution < -0.4 is 23.7 Å². The van der Waals surface area contributed by atoms with Crippen molar-refractivity contribution in [2.45, 2.75) is 25.5 Å². The van der Waals surface area contributed by atoms with Gasteiger partial charge in [-0.1, -0.05) is 0 Å². The number of Topliss-reactive ketones (excluding diaryl/α,β-unsaturated/α-hetero) is 1. The van der Waals surface area contributed by atoms with Gasteiger partial charge < -0.3 is 28.4 Å². The Hall–Kier alpha value is -3.23. The highest BCUT2D eigenvalue weighted by atomic mass is 16.5. The van der Waals surface area contributed by atoms with E-state index in [1.807, 2.05) is 6.07 Å². The Kier molecular flexibility index (Phi) is 5.86. The van der Waals surface area contributed by atoms with Crippen LogP contribution in [0.3, 0.4) is 0 Å². The van der Waals surface area contributed by atoms with Crippen LogP contribution in [-0.4, -0.2) is 58.0 Å². The van der Waals surface area contributed by atoms with Gasteiger partial charge in [-0.15, -0.1) is 0 Å². The molecule has 3 aliphatic heterocycles. The van der Waals surface area contributed by atoms with Crippen molar-refractivity contribution in [2.75, 3.05) is 41.2 Å². The van der Waals surface area contributed by atoms with Gasteiger partial charge in [0.15, 0.2) is 17.3 Å². The van der Waals surface area contributed by atoms with Crippen molar-refractivity contribution in [3.05, 3.63) is 46.7 Å². The molecule has 8 nitrogen and oxygen atoms in total. The third-order valence-electron chi connectivity index (χ3n) is 6.19. The average Bonchev–Trinajstić information content (AvgIpc) is 3.46. The molecule has 5 rings (SSSR count). The largest absolute Gasteiger partial charge is 0.496 e. The summed E-state index contributed by atoms with van der Waals surface area (Å²) >= 11 is 0. The lowest BCUT2D eigenvalue weighted by atomic mass is 10.0. The lowest BCUT2D eigenvalue weighted by molar-refractivity contribution is 0.0274. The first-order valence-corrected chi connectivity index (χ1v) is 11.0. The Labute approximate surface area is 192 Å². The monoisotopic (exact) mass is 453 g/mol.